The summed E-state index contributed by atoms with van der Waals surface area (Å²) in [4.78, 5) is 4.65. The molecule has 1 aromatic heterocycles. The summed E-state index contributed by atoms with van der Waals surface area (Å²) in [6, 6.07) is 5.99. The van der Waals surface area contributed by atoms with Gasteiger partial charge in [0, 0.05) is 37.2 Å². The van der Waals surface area contributed by atoms with E-state index in [0.717, 1.165) is 46.7 Å². The molecule has 5 nitrogen and oxygen atoms in total. The number of anilines is 1. The maximum atomic E-state index is 5.76. The number of benzene rings is 1. The predicted octanol–water partition coefficient (Wildman–Crippen LogP) is 2.97. The van der Waals surface area contributed by atoms with Gasteiger partial charge < -0.3 is 19.5 Å². The molecule has 21 heavy (non-hydrogen) atoms. The van der Waals surface area contributed by atoms with E-state index in [2.05, 4.69) is 17.2 Å². The second-order valence-electron chi connectivity index (χ2n) is 4.99. The van der Waals surface area contributed by atoms with Crippen LogP contribution in [0, 0.1) is 0 Å². The Morgan fingerprint density at radius 1 is 1.19 bits per heavy atom. The number of pyridine rings is 1. The smallest absolute Gasteiger partial charge is 0.163 e. The third-order valence-corrected chi connectivity index (χ3v) is 3.39. The zero-order valence-electron chi connectivity index (χ0n) is 12.4. The minimum absolute atomic E-state index is 0.489. The van der Waals surface area contributed by atoms with Gasteiger partial charge in [0.2, 0.25) is 0 Å². The maximum Gasteiger partial charge on any atom is 0.163 e. The first-order chi connectivity index (χ1) is 10.3. The van der Waals surface area contributed by atoms with Crippen LogP contribution in [0.2, 0.25) is 0 Å². The Morgan fingerprint density at radius 2 is 1.95 bits per heavy atom. The lowest BCUT2D eigenvalue weighted by atomic mass is 10.1. The van der Waals surface area contributed by atoms with Crippen LogP contribution in [0.3, 0.4) is 0 Å². The Kier molecular flexibility index (Phi) is 4.10. The van der Waals surface area contributed by atoms with E-state index in [1.54, 1.807) is 7.11 Å². The number of nitrogens with zero attached hydrogens (tertiary/aromatic N) is 1. The molecule has 2 aromatic rings. The monoisotopic (exact) mass is 288 g/mol. The fourth-order valence-electron chi connectivity index (χ4n) is 2.50. The number of hydrogen-bond acceptors (Lipinski definition) is 5. The number of methoxy groups -OCH3 is 1. The van der Waals surface area contributed by atoms with Crippen LogP contribution < -0.4 is 14.8 Å². The zero-order chi connectivity index (χ0) is 14.7. The lowest BCUT2D eigenvalue weighted by Crippen LogP contribution is -2.02. The van der Waals surface area contributed by atoms with Gasteiger partial charge in [0.1, 0.15) is 0 Å². The van der Waals surface area contributed by atoms with Crippen molar-refractivity contribution in [3.05, 3.63) is 23.9 Å². The van der Waals surface area contributed by atoms with Crippen LogP contribution >= 0.6 is 0 Å². The maximum absolute atomic E-state index is 5.76. The molecule has 112 valence electrons. The number of rotatable bonds is 4. The summed E-state index contributed by atoms with van der Waals surface area (Å²) in [5.74, 6) is 1.56. The molecule has 0 unspecified atom stereocenters. The van der Waals surface area contributed by atoms with Crippen LogP contribution in [-0.2, 0) is 11.3 Å². The van der Waals surface area contributed by atoms with E-state index in [9.17, 15) is 0 Å². The summed E-state index contributed by atoms with van der Waals surface area (Å²) in [6.07, 6.45) is 0.896. The van der Waals surface area contributed by atoms with Crippen molar-refractivity contribution in [2.45, 2.75) is 20.0 Å². The van der Waals surface area contributed by atoms with E-state index in [1.165, 1.54) is 0 Å². The molecular formula is C16H20N2O3. The van der Waals surface area contributed by atoms with Crippen molar-refractivity contribution in [2.75, 3.05) is 32.2 Å². The number of hydrogen-bond donors (Lipinski definition) is 1. The first-order valence-electron chi connectivity index (χ1n) is 7.28. The summed E-state index contributed by atoms with van der Waals surface area (Å²) in [6.45, 7) is 4.77. The highest BCUT2D eigenvalue weighted by atomic mass is 16.5. The lowest BCUT2D eigenvalue weighted by molar-refractivity contribution is 0.182. The molecule has 0 aliphatic carbocycles. The second kappa shape index (κ2) is 6.18. The van der Waals surface area contributed by atoms with Crippen molar-refractivity contribution in [3.63, 3.8) is 0 Å². The summed E-state index contributed by atoms with van der Waals surface area (Å²) < 4.78 is 16.7. The van der Waals surface area contributed by atoms with Crippen molar-refractivity contribution in [1.82, 2.24) is 4.98 Å². The van der Waals surface area contributed by atoms with Crippen molar-refractivity contribution >= 4 is 16.6 Å². The fraction of sp³-hybridized carbons (Fsp3) is 0.438. The number of ether oxygens (including phenoxy) is 3. The molecule has 2 heterocycles. The van der Waals surface area contributed by atoms with E-state index in [-0.39, 0.29) is 0 Å². The van der Waals surface area contributed by atoms with Gasteiger partial charge in [0.05, 0.1) is 31.0 Å². The van der Waals surface area contributed by atoms with Crippen LogP contribution in [-0.4, -0.2) is 31.9 Å². The molecule has 0 bridgehead atoms. The van der Waals surface area contributed by atoms with Gasteiger partial charge >= 0.3 is 0 Å². The van der Waals surface area contributed by atoms with Gasteiger partial charge in [-0.25, -0.2) is 0 Å². The summed E-state index contributed by atoms with van der Waals surface area (Å²) in [7, 11) is 1.67. The Morgan fingerprint density at radius 3 is 2.67 bits per heavy atom. The van der Waals surface area contributed by atoms with Crippen LogP contribution in [0.15, 0.2) is 18.2 Å². The Bertz CT molecular complexity index is 643. The molecule has 0 atom stereocenters. The molecule has 1 aliphatic rings. The van der Waals surface area contributed by atoms with E-state index in [4.69, 9.17) is 14.2 Å². The third kappa shape index (κ3) is 2.88. The van der Waals surface area contributed by atoms with Crippen LogP contribution in [0.5, 0.6) is 11.5 Å². The largest absolute Gasteiger partial charge is 0.490 e. The van der Waals surface area contributed by atoms with Crippen molar-refractivity contribution in [2.24, 2.45) is 0 Å². The quantitative estimate of drug-likeness (QED) is 0.937. The molecule has 0 saturated heterocycles. The standard InChI is InChI=1S/C16H20N2O3/c1-3-17-13-7-11(10-19-2)18-14-9-16-15(8-12(13)14)20-5-4-6-21-16/h7-9H,3-6,10H2,1-2H3,(H,17,18). The SMILES string of the molecule is CCNc1cc(COC)nc2cc3c(cc12)OCCCO3. The summed E-state index contributed by atoms with van der Waals surface area (Å²) in [5, 5.41) is 4.42. The van der Waals surface area contributed by atoms with E-state index in [1.807, 2.05) is 18.2 Å². The highest BCUT2D eigenvalue weighted by Crippen LogP contribution is 2.36. The average molecular weight is 288 g/mol. The molecule has 0 spiro atoms. The molecule has 0 amide bonds. The number of fused-ring (bicyclic) bond motifs is 2. The molecule has 3 rings (SSSR count). The number of nitrogens with one attached hydrogen (secondary N) is 1. The fourth-order valence-corrected chi connectivity index (χ4v) is 2.50. The molecule has 1 N–H and O–H groups in total. The first-order valence-corrected chi connectivity index (χ1v) is 7.28. The predicted molar refractivity (Wildman–Crippen MR) is 82.2 cm³/mol. The topological polar surface area (TPSA) is 52.6 Å². The van der Waals surface area contributed by atoms with Crippen LogP contribution in [0.1, 0.15) is 19.0 Å². The zero-order valence-corrected chi connectivity index (χ0v) is 12.4. The summed E-state index contributed by atoms with van der Waals surface area (Å²) >= 11 is 0. The first kappa shape index (κ1) is 13.9. The highest BCUT2D eigenvalue weighted by Gasteiger charge is 2.15. The lowest BCUT2D eigenvalue weighted by Gasteiger charge is -2.13. The van der Waals surface area contributed by atoms with Gasteiger partial charge in [-0.05, 0) is 19.1 Å². The van der Waals surface area contributed by atoms with Crippen molar-refractivity contribution in [3.8, 4) is 11.5 Å². The minimum Gasteiger partial charge on any atom is -0.490 e. The molecule has 5 heteroatoms. The van der Waals surface area contributed by atoms with Crippen molar-refractivity contribution < 1.29 is 14.2 Å². The van der Waals surface area contributed by atoms with Gasteiger partial charge in [-0.15, -0.1) is 0 Å². The summed E-state index contributed by atoms with van der Waals surface area (Å²) in [5.41, 5.74) is 2.84. The van der Waals surface area contributed by atoms with Gasteiger partial charge in [-0.3, -0.25) is 4.98 Å². The third-order valence-electron chi connectivity index (χ3n) is 3.39. The van der Waals surface area contributed by atoms with E-state index in [0.29, 0.717) is 19.8 Å². The molecule has 0 radical (unpaired) electrons. The normalized spacial score (nSPS) is 14.0. The van der Waals surface area contributed by atoms with Gasteiger partial charge in [-0.1, -0.05) is 0 Å². The minimum atomic E-state index is 0.489. The van der Waals surface area contributed by atoms with Crippen LogP contribution in [0.25, 0.3) is 10.9 Å². The second-order valence-corrected chi connectivity index (χ2v) is 4.99. The Balaban J connectivity index is 2.14. The average Bonchev–Trinajstić information content (AvgIpc) is 2.71. The van der Waals surface area contributed by atoms with E-state index >= 15 is 0 Å². The molecular weight excluding hydrogens is 268 g/mol. The van der Waals surface area contributed by atoms with Gasteiger partial charge in [-0.2, -0.15) is 0 Å². The Hall–Kier alpha value is -2.01. The Labute approximate surface area is 124 Å². The van der Waals surface area contributed by atoms with Crippen LogP contribution in [0.4, 0.5) is 5.69 Å². The molecule has 1 aromatic carbocycles. The molecule has 0 fully saturated rings. The molecule has 0 saturated carbocycles. The van der Waals surface area contributed by atoms with Gasteiger partial charge in [0.25, 0.3) is 0 Å². The van der Waals surface area contributed by atoms with E-state index < -0.39 is 0 Å². The highest BCUT2D eigenvalue weighted by molar-refractivity contribution is 5.94. The number of aromatic nitrogens is 1. The van der Waals surface area contributed by atoms with Gasteiger partial charge in [0.15, 0.2) is 11.5 Å². The van der Waals surface area contributed by atoms with Crippen molar-refractivity contribution in [1.29, 1.82) is 0 Å². The molecule has 1 aliphatic heterocycles.